The standard InChI is InChI=1S/C24H30Cl2N2O/c25-22-9-8-20(16-23(22)26)18-4-6-19(7-5-18)21(17-28-14-12-27-13-15-28)24(29)10-2-1-3-11-24/h4-9,16,21,27,29H,1-3,10-15,17H2. The first-order chi connectivity index (χ1) is 14.0. The van der Waals surface area contributed by atoms with E-state index in [1.807, 2.05) is 18.2 Å². The van der Waals surface area contributed by atoms with Crippen molar-refractivity contribution in [2.75, 3.05) is 32.7 Å². The van der Waals surface area contributed by atoms with E-state index in [4.69, 9.17) is 23.2 Å². The maximum atomic E-state index is 11.6. The SMILES string of the molecule is OC1(C(CN2CCNCC2)c2ccc(-c3ccc(Cl)c(Cl)c3)cc2)CCCCC1. The molecule has 1 unspecified atom stereocenters. The van der Waals surface area contributed by atoms with Gasteiger partial charge in [-0.05, 0) is 41.7 Å². The second-order valence-electron chi connectivity index (χ2n) is 8.52. The average Bonchev–Trinajstić information content (AvgIpc) is 2.75. The van der Waals surface area contributed by atoms with Crippen LogP contribution in [0.4, 0.5) is 0 Å². The molecule has 2 aromatic carbocycles. The van der Waals surface area contributed by atoms with E-state index in [9.17, 15) is 5.11 Å². The van der Waals surface area contributed by atoms with Gasteiger partial charge in [-0.2, -0.15) is 0 Å². The molecule has 1 heterocycles. The van der Waals surface area contributed by atoms with Crippen molar-refractivity contribution in [3.63, 3.8) is 0 Å². The van der Waals surface area contributed by atoms with Gasteiger partial charge in [-0.15, -0.1) is 0 Å². The molecule has 0 radical (unpaired) electrons. The lowest BCUT2D eigenvalue weighted by Gasteiger charge is -2.42. The lowest BCUT2D eigenvalue weighted by molar-refractivity contribution is -0.0316. The first-order valence-corrected chi connectivity index (χ1v) is 11.5. The van der Waals surface area contributed by atoms with E-state index in [1.54, 1.807) is 0 Å². The van der Waals surface area contributed by atoms with Crippen LogP contribution < -0.4 is 5.32 Å². The first kappa shape index (κ1) is 21.1. The molecule has 0 bridgehead atoms. The summed E-state index contributed by atoms with van der Waals surface area (Å²) in [5.74, 6) is 0.142. The third kappa shape index (κ3) is 4.98. The van der Waals surface area contributed by atoms with Crippen LogP contribution in [-0.4, -0.2) is 48.3 Å². The number of benzene rings is 2. The quantitative estimate of drug-likeness (QED) is 0.668. The number of nitrogens with one attached hydrogen (secondary N) is 1. The molecule has 0 aromatic heterocycles. The number of piperazine rings is 1. The fourth-order valence-electron chi connectivity index (χ4n) is 4.83. The highest BCUT2D eigenvalue weighted by Crippen LogP contribution is 2.41. The molecule has 1 saturated carbocycles. The van der Waals surface area contributed by atoms with Gasteiger partial charge in [0, 0.05) is 38.6 Å². The predicted octanol–water partition coefficient (Wildman–Crippen LogP) is 5.34. The summed E-state index contributed by atoms with van der Waals surface area (Å²) in [5, 5.41) is 16.2. The van der Waals surface area contributed by atoms with Crippen LogP contribution in [0.5, 0.6) is 0 Å². The fraction of sp³-hybridized carbons (Fsp3) is 0.500. The zero-order valence-electron chi connectivity index (χ0n) is 16.8. The number of hydrogen-bond donors (Lipinski definition) is 2. The van der Waals surface area contributed by atoms with Crippen molar-refractivity contribution >= 4 is 23.2 Å². The van der Waals surface area contributed by atoms with Crippen molar-refractivity contribution in [2.24, 2.45) is 0 Å². The molecule has 1 saturated heterocycles. The van der Waals surface area contributed by atoms with Gasteiger partial charge in [0.25, 0.3) is 0 Å². The van der Waals surface area contributed by atoms with Crippen molar-refractivity contribution < 1.29 is 5.11 Å². The van der Waals surface area contributed by atoms with E-state index in [0.29, 0.717) is 10.0 Å². The summed E-state index contributed by atoms with van der Waals surface area (Å²) >= 11 is 12.3. The molecule has 1 aliphatic heterocycles. The molecule has 0 spiro atoms. The molecule has 2 aromatic rings. The highest BCUT2D eigenvalue weighted by molar-refractivity contribution is 6.42. The van der Waals surface area contributed by atoms with Gasteiger partial charge in [0.05, 0.1) is 15.6 Å². The Hall–Kier alpha value is -1.10. The lowest BCUT2D eigenvalue weighted by Crippen LogP contribution is -2.49. The van der Waals surface area contributed by atoms with Gasteiger partial charge in [-0.25, -0.2) is 0 Å². The van der Waals surface area contributed by atoms with Gasteiger partial charge in [0.15, 0.2) is 0 Å². The summed E-state index contributed by atoms with van der Waals surface area (Å²) in [6, 6.07) is 14.4. The van der Waals surface area contributed by atoms with Gasteiger partial charge in [-0.3, -0.25) is 0 Å². The summed E-state index contributed by atoms with van der Waals surface area (Å²) in [6.07, 6.45) is 5.28. The second kappa shape index (κ2) is 9.36. The second-order valence-corrected chi connectivity index (χ2v) is 9.33. The van der Waals surface area contributed by atoms with Crippen LogP contribution >= 0.6 is 23.2 Å². The molecule has 2 N–H and O–H groups in total. The zero-order valence-corrected chi connectivity index (χ0v) is 18.4. The maximum absolute atomic E-state index is 11.6. The topological polar surface area (TPSA) is 35.5 Å². The van der Waals surface area contributed by atoms with Gasteiger partial charge in [-0.1, -0.05) is 72.8 Å². The average molecular weight is 433 g/mol. The number of halogens is 2. The molecule has 5 heteroatoms. The third-order valence-electron chi connectivity index (χ3n) is 6.58. The molecule has 2 aliphatic rings. The van der Waals surface area contributed by atoms with Crippen LogP contribution in [0.2, 0.25) is 10.0 Å². The van der Waals surface area contributed by atoms with Crippen molar-refractivity contribution in [3.8, 4) is 11.1 Å². The van der Waals surface area contributed by atoms with Crippen LogP contribution in [-0.2, 0) is 0 Å². The minimum absolute atomic E-state index is 0.142. The Balaban J connectivity index is 1.60. The highest BCUT2D eigenvalue weighted by Gasteiger charge is 2.39. The van der Waals surface area contributed by atoms with E-state index in [-0.39, 0.29) is 5.92 Å². The van der Waals surface area contributed by atoms with Crippen LogP contribution in [0.15, 0.2) is 42.5 Å². The first-order valence-electron chi connectivity index (χ1n) is 10.8. The minimum atomic E-state index is -0.603. The largest absolute Gasteiger partial charge is 0.389 e. The zero-order chi connectivity index (χ0) is 20.3. The van der Waals surface area contributed by atoms with Gasteiger partial charge in [0.1, 0.15) is 0 Å². The van der Waals surface area contributed by atoms with Gasteiger partial charge in [0.2, 0.25) is 0 Å². The maximum Gasteiger partial charge on any atom is 0.0728 e. The fourth-order valence-corrected chi connectivity index (χ4v) is 5.13. The van der Waals surface area contributed by atoms with E-state index in [2.05, 4.69) is 34.5 Å². The van der Waals surface area contributed by atoms with Crippen molar-refractivity contribution in [3.05, 3.63) is 58.1 Å². The molecule has 1 aliphatic carbocycles. The Labute approximate surface area is 184 Å². The number of aliphatic hydroxyl groups is 1. The van der Waals surface area contributed by atoms with Crippen molar-refractivity contribution in [1.29, 1.82) is 0 Å². The molecule has 4 rings (SSSR count). The molecule has 0 amide bonds. The van der Waals surface area contributed by atoms with Crippen LogP contribution in [0, 0.1) is 0 Å². The summed E-state index contributed by atoms with van der Waals surface area (Å²) in [7, 11) is 0. The van der Waals surface area contributed by atoms with Crippen LogP contribution in [0.1, 0.15) is 43.6 Å². The van der Waals surface area contributed by atoms with Gasteiger partial charge >= 0.3 is 0 Å². The van der Waals surface area contributed by atoms with Crippen molar-refractivity contribution in [2.45, 2.75) is 43.6 Å². The minimum Gasteiger partial charge on any atom is -0.389 e. The Morgan fingerprint density at radius 3 is 2.21 bits per heavy atom. The van der Waals surface area contributed by atoms with E-state index < -0.39 is 5.60 Å². The van der Waals surface area contributed by atoms with Crippen LogP contribution in [0.3, 0.4) is 0 Å². The molecule has 3 nitrogen and oxygen atoms in total. The molecule has 1 atom stereocenters. The molecule has 156 valence electrons. The summed E-state index contributed by atoms with van der Waals surface area (Å²) in [5.41, 5.74) is 2.80. The van der Waals surface area contributed by atoms with E-state index in [0.717, 1.165) is 69.5 Å². The smallest absolute Gasteiger partial charge is 0.0728 e. The number of hydrogen-bond acceptors (Lipinski definition) is 3. The molecular weight excluding hydrogens is 403 g/mol. The Morgan fingerprint density at radius 2 is 1.55 bits per heavy atom. The Morgan fingerprint density at radius 1 is 0.897 bits per heavy atom. The van der Waals surface area contributed by atoms with E-state index in [1.165, 1.54) is 12.0 Å². The summed E-state index contributed by atoms with van der Waals surface area (Å²) in [6.45, 7) is 5.08. The predicted molar refractivity (Wildman–Crippen MR) is 122 cm³/mol. The van der Waals surface area contributed by atoms with Crippen LogP contribution in [0.25, 0.3) is 11.1 Å². The normalized spacial score (nSPS) is 21.1. The highest BCUT2D eigenvalue weighted by atomic mass is 35.5. The Bertz CT molecular complexity index is 812. The molecule has 29 heavy (non-hydrogen) atoms. The van der Waals surface area contributed by atoms with Crippen molar-refractivity contribution in [1.82, 2.24) is 10.2 Å². The lowest BCUT2D eigenvalue weighted by atomic mass is 9.72. The Kier molecular flexibility index (Phi) is 6.83. The number of rotatable bonds is 5. The molecule has 2 fully saturated rings. The van der Waals surface area contributed by atoms with E-state index >= 15 is 0 Å². The molecular formula is C24H30Cl2N2O. The monoisotopic (exact) mass is 432 g/mol. The summed E-state index contributed by atoms with van der Waals surface area (Å²) < 4.78 is 0. The number of nitrogens with zero attached hydrogens (tertiary/aromatic N) is 1. The third-order valence-corrected chi connectivity index (χ3v) is 7.32. The summed E-state index contributed by atoms with van der Waals surface area (Å²) in [4.78, 5) is 2.50. The van der Waals surface area contributed by atoms with Gasteiger partial charge < -0.3 is 15.3 Å².